The topological polar surface area (TPSA) is 74.9 Å². The highest BCUT2D eigenvalue weighted by atomic mass is 32.1. The van der Waals surface area contributed by atoms with Crippen LogP contribution < -0.4 is 24.3 Å². The van der Waals surface area contributed by atoms with E-state index in [0.29, 0.717) is 39.2 Å². The molecule has 1 aliphatic rings. The second-order valence-corrected chi connectivity index (χ2v) is 7.59. The molecule has 1 aliphatic heterocycles. The molecule has 7 nitrogen and oxygen atoms in total. The summed E-state index contributed by atoms with van der Waals surface area (Å²) in [5.41, 5.74) is 0.575. The average molecular weight is 419 g/mol. The highest BCUT2D eigenvalue weighted by molar-refractivity contribution is 7.15. The lowest BCUT2D eigenvalue weighted by Gasteiger charge is -2.24. The van der Waals surface area contributed by atoms with E-state index < -0.39 is 6.10 Å². The number of hydrogen-bond acceptors (Lipinski definition) is 7. The summed E-state index contributed by atoms with van der Waals surface area (Å²) in [5, 5.41) is 4.38. The third-order valence-corrected chi connectivity index (χ3v) is 5.52. The molecule has 8 heteroatoms. The van der Waals surface area contributed by atoms with Gasteiger partial charge < -0.3 is 14.2 Å². The lowest BCUT2D eigenvalue weighted by Crippen LogP contribution is -2.26. The summed E-state index contributed by atoms with van der Waals surface area (Å²) >= 11 is 1.27. The zero-order chi connectivity index (χ0) is 20.5. The molecule has 2 aromatic heterocycles. The highest BCUT2D eigenvalue weighted by Gasteiger charge is 2.27. The molecule has 4 aromatic rings. The Hall–Kier alpha value is -3.65. The molecule has 0 aliphatic carbocycles. The SMILES string of the molecule is C=CCOc1ccccc1/C=c1\sc2nc([C@H]3COc4ccccc4O3)nn2c1=O. The molecule has 30 heavy (non-hydrogen) atoms. The van der Waals surface area contributed by atoms with Gasteiger partial charge in [0.1, 0.15) is 19.0 Å². The van der Waals surface area contributed by atoms with E-state index in [1.165, 1.54) is 15.9 Å². The quantitative estimate of drug-likeness (QED) is 0.463. The Bertz CT molecular complexity index is 1340. The van der Waals surface area contributed by atoms with Gasteiger partial charge in [0.2, 0.25) is 4.96 Å². The van der Waals surface area contributed by atoms with Crippen LogP contribution in [-0.4, -0.2) is 27.8 Å². The summed E-state index contributed by atoms with van der Waals surface area (Å²) in [6, 6.07) is 15.0. The summed E-state index contributed by atoms with van der Waals surface area (Å²) in [7, 11) is 0. The van der Waals surface area contributed by atoms with Crippen LogP contribution >= 0.6 is 11.3 Å². The average Bonchev–Trinajstić information content (AvgIpc) is 3.32. The zero-order valence-electron chi connectivity index (χ0n) is 15.9. The molecule has 150 valence electrons. The minimum Gasteiger partial charge on any atom is -0.489 e. The van der Waals surface area contributed by atoms with Gasteiger partial charge in [0, 0.05) is 5.56 Å². The van der Waals surface area contributed by atoms with Gasteiger partial charge in [0.15, 0.2) is 23.4 Å². The molecule has 0 saturated heterocycles. The first-order valence-electron chi connectivity index (χ1n) is 9.35. The lowest BCUT2D eigenvalue weighted by atomic mass is 10.2. The van der Waals surface area contributed by atoms with Crippen LogP contribution in [-0.2, 0) is 0 Å². The first kappa shape index (κ1) is 18.4. The lowest BCUT2D eigenvalue weighted by molar-refractivity contribution is 0.0852. The predicted molar refractivity (Wildman–Crippen MR) is 113 cm³/mol. The fourth-order valence-corrected chi connectivity index (χ4v) is 4.06. The van der Waals surface area contributed by atoms with Crippen LogP contribution in [0.3, 0.4) is 0 Å². The zero-order valence-corrected chi connectivity index (χ0v) is 16.7. The minimum atomic E-state index is -0.466. The number of hydrogen-bond donors (Lipinski definition) is 0. The second-order valence-electron chi connectivity index (χ2n) is 6.58. The molecule has 0 fully saturated rings. The molecule has 3 heterocycles. The standard InChI is InChI=1S/C22H17N3O4S/c1-2-11-27-15-8-4-3-7-14(15)12-19-21(26)25-22(30-19)23-20(24-25)18-13-28-16-9-5-6-10-17(16)29-18/h2-10,12,18H,1,11,13H2/b19-12-/t18-/m1/s1. The van der Waals surface area contributed by atoms with E-state index in [1.54, 1.807) is 12.2 Å². The van der Waals surface area contributed by atoms with E-state index in [1.807, 2.05) is 48.5 Å². The van der Waals surface area contributed by atoms with Gasteiger partial charge >= 0.3 is 0 Å². The van der Waals surface area contributed by atoms with Crippen LogP contribution in [0.15, 0.2) is 66.0 Å². The van der Waals surface area contributed by atoms with Crippen LogP contribution in [0.5, 0.6) is 17.2 Å². The summed E-state index contributed by atoms with van der Waals surface area (Å²) in [6.07, 6.45) is 3.00. The van der Waals surface area contributed by atoms with Crippen LogP contribution in [0.1, 0.15) is 17.5 Å². The molecule has 0 amide bonds. The smallest absolute Gasteiger partial charge is 0.291 e. The highest BCUT2D eigenvalue weighted by Crippen LogP contribution is 2.35. The molecule has 0 unspecified atom stereocenters. The van der Waals surface area contributed by atoms with Crippen molar-refractivity contribution in [2.24, 2.45) is 0 Å². The molecule has 1 atom stereocenters. The normalized spacial score (nSPS) is 16.0. The van der Waals surface area contributed by atoms with Crippen molar-refractivity contribution in [2.75, 3.05) is 13.2 Å². The monoisotopic (exact) mass is 419 g/mol. The molecule has 5 rings (SSSR count). The van der Waals surface area contributed by atoms with Crippen molar-refractivity contribution in [2.45, 2.75) is 6.10 Å². The van der Waals surface area contributed by atoms with Gasteiger partial charge in [0.05, 0.1) is 4.53 Å². The third-order valence-electron chi connectivity index (χ3n) is 4.56. The number of ether oxygens (including phenoxy) is 3. The van der Waals surface area contributed by atoms with E-state index in [0.717, 1.165) is 5.56 Å². The maximum Gasteiger partial charge on any atom is 0.291 e. The van der Waals surface area contributed by atoms with Crippen molar-refractivity contribution in [3.05, 3.63) is 87.5 Å². The second kappa shape index (κ2) is 7.64. The first-order valence-corrected chi connectivity index (χ1v) is 10.2. The van der Waals surface area contributed by atoms with E-state index in [-0.39, 0.29) is 12.2 Å². The third kappa shape index (κ3) is 3.31. The van der Waals surface area contributed by atoms with Crippen molar-refractivity contribution in [1.82, 2.24) is 14.6 Å². The van der Waals surface area contributed by atoms with Crippen molar-refractivity contribution < 1.29 is 14.2 Å². The number of rotatable bonds is 5. The van der Waals surface area contributed by atoms with Gasteiger partial charge in [-0.15, -0.1) is 5.10 Å². The van der Waals surface area contributed by atoms with Crippen molar-refractivity contribution in [3.8, 4) is 17.2 Å². The fraction of sp³-hybridized carbons (Fsp3) is 0.136. The van der Waals surface area contributed by atoms with Gasteiger partial charge in [-0.1, -0.05) is 54.3 Å². The molecule has 0 radical (unpaired) electrons. The van der Waals surface area contributed by atoms with Gasteiger partial charge in [0.25, 0.3) is 5.56 Å². The van der Waals surface area contributed by atoms with Crippen molar-refractivity contribution >= 4 is 22.4 Å². The van der Waals surface area contributed by atoms with E-state index >= 15 is 0 Å². The molecule has 2 aromatic carbocycles. The molecule has 0 N–H and O–H groups in total. The molecule has 0 spiro atoms. The largest absolute Gasteiger partial charge is 0.489 e. The molecular formula is C22H17N3O4S. The number of para-hydroxylation sites is 3. The summed E-state index contributed by atoms with van der Waals surface area (Å²) in [4.78, 5) is 17.9. The van der Waals surface area contributed by atoms with E-state index in [4.69, 9.17) is 14.2 Å². The number of thiazole rings is 1. The van der Waals surface area contributed by atoms with Crippen LogP contribution in [0.25, 0.3) is 11.0 Å². The first-order chi connectivity index (χ1) is 14.7. The van der Waals surface area contributed by atoms with Crippen LogP contribution in [0.2, 0.25) is 0 Å². The minimum absolute atomic E-state index is 0.232. The summed E-state index contributed by atoms with van der Waals surface area (Å²) < 4.78 is 19.2. The Morgan fingerprint density at radius 1 is 1.20 bits per heavy atom. The number of nitrogens with zero attached hydrogens (tertiary/aromatic N) is 3. The Kier molecular flexibility index (Phi) is 4.68. The van der Waals surface area contributed by atoms with Crippen molar-refractivity contribution in [3.63, 3.8) is 0 Å². The van der Waals surface area contributed by atoms with Gasteiger partial charge in [-0.2, -0.15) is 9.50 Å². The Labute approximate surface area is 175 Å². The number of fused-ring (bicyclic) bond motifs is 2. The van der Waals surface area contributed by atoms with Crippen molar-refractivity contribution in [1.29, 1.82) is 0 Å². The molecular weight excluding hydrogens is 402 g/mol. The van der Waals surface area contributed by atoms with E-state index in [2.05, 4.69) is 16.7 Å². The fourth-order valence-electron chi connectivity index (χ4n) is 3.15. The molecule has 0 bridgehead atoms. The predicted octanol–water partition coefficient (Wildman–Crippen LogP) is 2.78. The van der Waals surface area contributed by atoms with E-state index in [9.17, 15) is 4.79 Å². The summed E-state index contributed by atoms with van der Waals surface area (Å²) in [6.45, 7) is 4.34. The Balaban J connectivity index is 1.48. The molecule has 0 saturated carbocycles. The van der Waals surface area contributed by atoms with Crippen LogP contribution in [0.4, 0.5) is 0 Å². The summed E-state index contributed by atoms with van der Waals surface area (Å²) in [5.74, 6) is 2.44. The maximum atomic E-state index is 12.9. The Morgan fingerprint density at radius 2 is 2.00 bits per heavy atom. The van der Waals surface area contributed by atoms with Gasteiger partial charge in [-0.3, -0.25) is 4.79 Å². The van der Waals surface area contributed by atoms with Gasteiger partial charge in [-0.25, -0.2) is 0 Å². The Morgan fingerprint density at radius 3 is 2.83 bits per heavy atom. The van der Waals surface area contributed by atoms with Gasteiger partial charge in [-0.05, 0) is 24.3 Å². The van der Waals surface area contributed by atoms with Crippen LogP contribution in [0, 0.1) is 0 Å². The number of benzene rings is 2. The maximum absolute atomic E-state index is 12.9. The number of aromatic nitrogens is 3.